The Balaban J connectivity index is 1.92. The average molecular weight is 509 g/mol. The van der Waals surface area contributed by atoms with Crippen LogP contribution in [0.25, 0.3) is 15.4 Å². The van der Waals surface area contributed by atoms with Crippen molar-refractivity contribution in [1.29, 1.82) is 0 Å². The molecule has 0 amide bonds. The number of hydrogen-bond donors (Lipinski definition) is 0. The maximum absolute atomic E-state index is 13.3. The number of rotatable bonds is 5. The highest BCUT2D eigenvalue weighted by Gasteiger charge is 2.36. The van der Waals surface area contributed by atoms with E-state index in [4.69, 9.17) is 6.57 Å². The van der Waals surface area contributed by atoms with Crippen LogP contribution in [0.1, 0.15) is 16.8 Å². The minimum Gasteiger partial charge on any atom is -0.357 e. The van der Waals surface area contributed by atoms with Gasteiger partial charge >= 0.3 is 18.5 Å². The molecule has 0 bridgehead atoms. The van der Waals surface area contributed by atoms with E-state index in [0.717, 1.165) is 47.7 Å². The van der Waals surface area contributed by atoms with Gasteiger partial charge in [0.15, 0.2) is 5.69 Å². The molecule has 180 valence electrons. The second kappa shape index (κ2) is 9.17. The van der Waals surface area contributed by atoms with Gasteiger partial charge in [0.2, 0.25) is 0 Å². The Labute approximate surface area is 190 Å². The summed E-state index contributed by atoms with van der Waals surface area (Å²) in [7, 11) is 0. The molecule has 0 spiro atoms. The van der Waals surface area contributed by atoms with Crippen LogP contribution in [0.5, 0.6) is 0 Å². The van der Waals surface area contributed by atoms with Crippen molar-refractivity contribution in [3.63, 3.8) is 0 Å². The molecule has 3 rings (SSSR count). The zero-order valence-corrected chi connectivity index (χ0v) is 17.5. The number of anilines is 1. The molecule has 0 atom stereocenters. The number of benzene rings is 2. The SMILES string of the molecule is [C-]#[N+]c1ccc(N(Cc2csc(-c3ccc(C(F)(F)F)cc3)n2)CC(F)(F)F)cc1C(F)(F)F. The fourth-order valence-electron chi connectivity index (χ4n) is 3.01. The summed E-state index contributed by atoms with van der Waals surface area (Å²) in [6.07, 6.45) is -14.2. The number of alkyl halides is 9. The van der Waals surface area contributed by atoms with Gasteiger partial charge < -0.3 is 4.90 Å². The summed E-state index contributed by atoms with van der Waals surface area (Å²) < 4.78 is 117. The molecule has 34 heavy (non-hydrogen) atoms. The first-order valence-electron chi connectivity index (χ1n) is 9.20. The molecule has 1 aromatic heterocycles. The van der Waals surface area contributed by atoms with Crippen LogP contribution in [0.4, 0.5) is 50.9 Å². The molecule has 2 aromatic carbocycles. The van der Waals surface area contributed by atoms with E-state index in [2.05, 4.69) is 9.83 Å². The molecular formula is C21H12F9N3S. The third kappa shape index (κ3) is 6.19. The summed E-state index contributed by atoms with van der Waals surface area (Å²) in [6, 6.07) is 6.26. The Bertz CT molecular complexity index is 1190. The normalized spacial score (nSPS) is 12.5. The van der Waals surface area contributed by atoms with E-state index < -0.39 is 54.1 Å². The number of halogens is 9. The lowest BCUT2D eigenvalue weighted by molar-refractivity contribution is -0.138. The Morgan fingerprint density at radius 1 is 0.882 bits per heavy atom. The van der Waals surface area contributed by atoms with Crippen molar-refractivity contribution in [3.8, 4) is 10.6 Å². The van der Waals surface area contributed by atoms with Gasteiger partial charge in [-0.25, -0.2) is 9.83 Å². The van der Waals surface area contributed by atoms with Crippen molar-refractivity contribution < 1.29 is 39.5 Å². The van der Waals surface area contributed by atoms with Gasteiger partial charge in [0.25, 0.3) is 0 Å². The molecule has 0 fully saturated rings. The molecule has 0 saturated heterocycles. The van der Waals surface area contributed by atoms with Gasteiger partial charge in [0.05, 0.1) is 29.9 Å². The van der Waals surface area contributed by atoms with Crippen molar-refractivity contribution in [2.75, 3.05) is 11.4 Å². The first-order chi connectivity index (χ1) is 15.7. The molecule has 0 aliphatic carbocycles. The summed E-state index contributed by atoms with van der Waals surface area (Å²) in [6.45, 7) is 4.75. The van der Waals surface area contributed by atoms with Crippen molar-refractivity contribution in [2.24, 2.45) is 0 Å². The Morgan fingerprint density at radius 2 is 1.53 bits per heavy atom. The lowest BCUT2D eigenvalue weighted by Gasteiger charge is -2.26. The Hall–Kier alpha value is -3.27. The summed E-state index contributed by atoms with van der Waals surface area (Å²) in [5.41, 5.74) is -3.04. The van der Waals surface area contributed by atoms with Crippen LogP contribution in [0.15, 0.2) is 47.8 Å². The topological polar surface area (TPSA) is 20.5 Å². The van der Waals surface area contributed by atoms with Crippen molar-refractivity contribution in [1.82, 2.24) is 4.98 Å². The molecule has 0 N–H and O–H groups in total. The highest BCUT2D eigenvalue weighted by molar-refractivity contribution is 7.13. The highest BCUT2D eigenvalue weighted by atomic mass is 32.1. The minimum atomic E-state index is -4.95. The number of nitrogens with zero attached hydrogens (tertiary/aromatic N) is 3. The van der Waals surface area contributed by atoms with Gasteiger partial charge in [-0.15, -0.1) is 11.3 Å². The predicted molar refractivity (Wildman–Crippen MR) is 107 cm³/mol. The van der Waals surface area contributed by atoms with Crippen LogP contribution in [0.2, 0.25) is 0 Å². The van der Waals surface area contributed by atoms with Gasteiger partial charge in [0.1, 0.15) is 11.6 Å². The average Bonchev–Trinajstić information content (AvgIpc) is 3.19. The van der Waals surface area contributed by atoms with E-state index in [1.807, 2.05) is 0 Å². The van der Waals surface area contributed by atoms with E-state index in [1.54, 1.807) is 0 Å². The van der Waals surface area contributed by atoms with Gasteiger partial charge in [-0.2, -0.15) is 39.5 Å². The van der Waals surface area contributed by atoms with Gasteiger partial charge in [-0.05, 0) is 24.3 Å². The smallest absolute Gasteiger partial charge is 0.357 e. The maximum Gasteiger partial charge on any atom is 0.416 e. The van der Waals surface area contributed by atoms with Crippen LogP contribution >= 0.6 is 11.3 Å². The molecule has 3 nitrogen and oxygen atoms in total. The largest absolute Gasteiger partial charge is 0.416 e. The Morgan fingerprint density at radius 3 is 2.06 bits per heavy atom. The van der Waals surface area contributed by atoms with E-state index in [9.17, 15) is 39.5 Å². The third-order valence-electron chi connectivity index (χ3n) is 4.51. The molecule has 0 unspecified atom stereocenters. The maximum atomic E-state index is 13.3. The summed E-state index contributed by atoms with van der Waals surface area (Å²) in [5, 5.41) is 1.60. The van der Waals surface area contributed by atoms with Crippen molar-refractivity contribution >= 4 is 22.7 Å². The fourth-order valence-corrected chi connectivity index (χ4v) is 3.83. The molecule has 0 radical (unpaired) electrons. The van der Waals surface area contributed by atoms with Crippen LogP contribution < -0.4 is 4.90 Å². The van der Waals surface area contributed by atoms with Crippen LogP contribution in [0, 0.1) is 6.57 Å². The minimum absolute atomic E-state index is 0.0759. The molecule has 13 heteroatoms. The van der Waals surface area contributed by atoms with Crippen molar-refractivity contribution in [3.05, 3.63) is 76.1 Å². The molecule has 1 heterocycles. The molecule has 0 aliphatic heterocycles. The summed E-state index contributed by atoms with van der Waals surface area (Å²) >= 11 is 0.965. The lowest BCUT2D eigenvalue weighted by atomic mass is 10.1. The fraction of sp³-hybridized carbons (Fsp3) is 0.238. The molecule has 0 saturated carbocycles. The van der Waals surface area contributed by atoms with E-state index >= 15 is 0 Å². The van der Waals surface area contributed by atoms with Gasteiger partial charge in [0, 0.05) is 16.6 Å². The standard InChI is InChI=1S/C21H12F9N3S/c1-31-17-7-6-15(8-16(17)21(28,29)30)33(11-19(22,23)24)9-14-10-34-18(32-14)12-2-4-13(5-3-12)20(25,26)27/h2-8,10H,9,11H2. The van der Waals surface area contributed by atoms with E-state index in [1.165, 1.54) is 5.38 Å². The Kier molecular flexibility index (Phi) is 6.84. The highest BCUT2D eigenvalue weighted by Crippen LogP contribution is 2.39. The first kappa shape index (κ1) is 25.4. The van der Waals surface area contributed by atoms with Crippen LogP contribution in [-0.4, -0.2) is 17.7 Å². The first-order valence-corrected chi connectivity index (χ1v) is 10.1. The zero-order valence-electron chi connectivity index (χ0n) is 16.7. The summed E-state index contributed by atoms with van der Waals surface area (Å²) in [5.74, 6) is 0. The number of aromatic nitrogens is 1. The second-order valence-electron chi connectivity index (χ2n) is 7.00. The molecule has 0 aliphatic rings. The second-order valence-corrected chi connectivity index (χ2v) is 7.86. The number of thiazole rings is 1. The molecular weight excluding hydrogens is 497 g/mol. The van der Waals surface area contributed by atoms with Crippen LogP contribution in [-0.2, 0) is 18.9 Å². The van der Waals surface area contributed by atoms with Crippen molar-refractivity contribution in [2.45, 2.75) is 25.1 Å². The van der Waals surface area contributed by atoms with Crippen LogP contribution in [0.3, 0.4) is 0 Å². The van der Waals surface area contributed by atoms with E-state index in [-0.39, 0.29) is 10.7 Å². The third-order valence-corrected chi connectivity index (χ3v) is 5.45. The van der Waals surface area contributed by atoms with Gasteiger partial charge in [-0.1, -0.05) is 18.2 Å². The van der Waals surface area contributed by atoms with E-state index in [0.29, 0.717) is 16.5 Å². The molecule has 3 aromatic rings. The van der Waals surface area contributed by atoms with Gasteiger partial charge in [-0.3, -0.25) is 0 Å². The number of hydrogen-bond acceptors (Lipinski definition) is 3. The zero-order chi connectivity index (χ0) is 25.3. The monoisotopic (exact) mass is 509 g/mol. The predicted octanol–water partition coefficient (Wildman–Crippen LogP) is 7.97. The lowest BCUT2D eigenvalue weighted by Crippen LogP contribution is -2.34. The quantitative estimate of drug-likeness (QED) is 0.257. The summed E-state index contributed by atoms with van der Waals surface area (Å²) in [4.78, 5) is 7.53.